The second kappa shape index (κ2) is 6.74. The van der Waals surface area contributed by atoms with Gasteiger partial charge in [-0.3, -0.25) is 14.7 Å². The van der Waals surface area contributed by atoms with Gasteiger partial charge >= 0.3 is 0 Å². The second-order valence-electron chi connectivity index (χ2n) is 5.85. The number of carbonyl (C=O) groups excluding carboxylic acids is 1. The Morgan fingerprint density at radius 1 is 1.39 bits per heavy atom. The van der Waals surface area contributed by atoms with Gasteiger partial charge in [0.15, 0.2) is 5.13 Å². The highest BCUT2D eigenvalue weighted by molar-refractivity contribution is 7.15. The quantitative estimate of drug-likeness (QED) is 0.892. The summed E-state index contributed by atoms with van der Waals surface area (Å²) in [7, 11) is 0. The van der Waals surface area contributed by atoms with Gasteiger partial charge in [-0.15, -0.1) is 11.3 Å². The highest BCUT2D eigenvalue weighted by Gasteiger charge is 2.35. The minimum atomic E-state index is -0.888. The van der Waals surface area contributed by atoms with E-state index in [1.807, 2.05) is 30.0 Å². The standard InChI is InChI=1S/C16H20N4O2S/c1-12-10-18-15(23-12)19-14(21)11-20-8-5-16(22,6-9-20)13-4-2-3-7-17-13/h2-4,7,10,22H,5-6,8-9,11H2,1H3,(H,18,19,21). The average molecular weight is 332 g/mol. The van der Waals surface area contributed by atoms with Crippen LogP contribution in [-0.4, -0.2) is 45.5 Å². The molecule has 7 heteroatoms. The van der Waals surface area contributed by atoms with Crippen molar-refractivity contribution in [2.45, 2.75) is 25.4 Å². The van der Waals surface area contributed by atoms with Crippen LogP contribution in [0.15, 0.2) is 30.6 Å². The number of aliphatic hydroxyl groups is 1. The van der Waals surface area contributed by atoms with Gasteiger partial charge in [0, 0.05) is 30.4 Å². The van der Waals surface area contributed by atoms with Gasteiger partial charge in [-0.1, -0.05) is 6.07 Å². The molecule has 1 aliphatic heterocycles. The topological polar surface area (TPSA) is 78.4 Å². The Hall–Kier alpha value is -1.83. The van der Waals surface area contributed by atoms with E-state index in [2.05, 4.69) is 15.3 Å². The fourth-order valence-electron chi connectivity index (χ4n) is 2.75. The first-order valence-electron chi connectivity index (χ1n) is 7.64. The number of anilines is 1. The zero-order valence-electron chi connectivity index (χ0n) is 13.0. The first-order valence-corrected chi connectivity index (χ1v) is 8.45. The van der Waals surface area contributed by atoms with Crippen molar-refractivity contribution >= 4 is 22.4 Å². The maximum atomic E-state index is 12.1. The van der Waals surface area contributed by atoms with Gasteiger partial charge < -0.3 is 10.4 Å². The lowest BCUT2D eigenvalue weighted by Crippen LogP contribution is -2.45. The fourth-order valence-corrected chi connectivity index (χ4v) is 3.43. The van der Waals surface area contributed by atoms with Gasteiger partial charge in [-0.05, 0) is 31.9 Å². The summed E-state index contributed by atoms with van der Waals surface area (Å²) in [6.07, 6.45) is 4.60. The number of amides is 1. The number of likely N-dealkylation sites (tertiary alicyclic amines) is 1. The van der Waals surface area contributed by atoms with Gasteiger partial charge in [-0.2, -0.15) is 0 Å². The molecule has 1 aliphatic rings. The predicted molar refractivity (Wildman–Crippen MR) is 89.3 cm³/mol. The van der Waals surface area contributed by atoms with E-state index in [-0.39, 0.29) is 5.91 Å². The zero-order chi connectivity index (χ0) is 16.3. The van der Waals surface area contributed by atoms with Crippen molar-refractivity contribution in [3.05, 3.63) is 41.2 Å². The number of hydrogen-bond donors (Lipinski definition) is 2. The van der Waals surface area contributed by atoms with Crippen LogP contribution in [0.3, 0.4) is 0 Å². The molecular weight excluding hydrogens is 312 g/mol. The van der Waals surface area contributed by atoms with Crippen LogP contribution in [0, 0.1) is 6.92 Å². The summed E-state index contributed by atoms with van der Waals surface area (Å²) in [5.41, 5.74) is -0.178. The molecule has 1 amide bonds. The summed E-state index contributed by atoms with van der Waals surface area (Å²) in [5.74, 6) is -0.0670. The second-order valence-corrected chi connectivity index (χ2v) is 7.08. The number of pyridine rings is 1. The summed E-state index contributed by atoms with van der Waals surface area (Å²) >= 11 is 1.47. The third kappa shape index (κ3) is 3.93. The third-order valence-corrected chi connectivity index (χ3v) is 4.89. The third-order valence-electron chi connectivity index (χ3n) is 4.06. The first-order chi connectivity index (χ1) is 11.0. The van der Waals surface area contributed by atoms with Crippen molar-refractivity contribution in [3.8, 4) is 0 Å². The van der Waals surface area contributed by atoms with Crippen molar-refractivity contribution in [2.24, 2.45) is 0 Å². The summed E-state index contributed by atoms with van der Waals surface area (Å²) in [6, 6.07) is 5.58. The first kappa shape index (κ1) is 16.0. The molecule has 0 saturated carbocycles. The van der Waals surface area contributed by atoms with Crippen LogP contribution in [0.1, 0.15) is 23.4 Å². The van der Waals surface area contributed by atoms with Crippen molar-refractivity contribution in [1.29, 1.82) is 0 Å². The Labute approximate surface area is 139 Å². The highest BCUT2D eigenvalue weighted by atomic mass is 32.1. The molecule has 6 nitrogen and oxygen atoms in total. The highest BCUT2D eigenvalue weighted by Crippen LogP contribution is 2.31. The van der Waals surface area contributed by atoms with Crippen LogP contribution < -0.4 is 5.32 Å². The molecule has 3 rings (SSSR count). The van der Waals surface area contributed by atoms with E-state index in [1.165, 1.54) is 11.3 Å². The van der Waals surface area contributed by atoms with Crippen molar-refractivity contribution < 1.29 is 9.90 Å². The van der Waals surface area contributed by atoms with E-state index < -0.39 is 5.60 Å². The van der Waals surface area contributed by atoms with Crippen molar-refractivity contribution in [1.82, 2.24) is 14.9 Å². The Kier molecular flexibility index (Phi) is 4.70. The number of aromatic nitrogens is 2. The Bertz CT molecular complexity index is 666. The summed E-state index contributed by atoms with van der Waals surface area (Å²) in [4.78, 5) is 23.6. The monoisotopic (exact) mass is 332 g/mol. The molecule has 2 aromatic heterocycles. The number of carbonyl (C=O) groups is 1. The van der Waals surface area contributed by atoms with Crippen LogP contribution in [0.25, 0.3) is 0 Å². The number of hydrogen-bond acceptors (Lipinski definition) is 6. The minimum Gasteiger partial charge on any atom is -0.383 e. The number of thiazole rings is 1. The number of aryl methyl sites for hydroxylation is 1. The molecule has 1 saturated heterocycles. The van der Waals surface area contributed by atoms with E-state index in [9.17, 15) is 9.90 Å². The molecule has 0 bridgehead atoms. The molecule has 0 aromatic carbocycles. The van der Waals surface area contributed by atoms with Gasteiger partial charge in [0.25, 0.3) is 0 Å². The number of nitrogens with one attached hydrogen (secondary N) is 1. The van der Waals surface area contributed by atoms with E-state index in [1.54, 1.807) is 12.4 Å². The smallest absolute Gasteiger partial charge is 0.240 e. The lowest BCUT2D eigenvalue weighted by Gasteiger charge is -2.37. The molecule has 1 fully saturated rings. The molecule has 3 heterocycles. The fraction of sp³-hybridized carbons (Fsp3) is 0.438. The van der Waals surface area contributed by atoms with Gasteiger partial charge in [0.1, 0.15) is 5.60 Å². The van der Waals surface area contributed by atoms with Gasteiger partial charge in [0.2, 0.25) is 5.91 Å². The Morgan fingerprint density at radius 3 is 2.78 bits per heavy atom. The van der Waals surface area contributed by atoms with Crippen LogP contribution in [0.4, 0.5) is 5.13 Å². The lowest BCUT2D eigenvalue weighted by atomic mass is 9.88. The summed E-state index contributed by atoms with van der Waals surface area (Å²) < 4.78 is 0. The number of piperidine rings is 1. The molecule has 0 aliphatic carbocycles. The van der Waals surface area contributed by atoms with Gasteiger partial charge in [0.05, 0.1) is 12.2 Å². The molecule has 23 heavy (non-hydrogen) atoms. The predicted octanol–water partition coefficient (Wildman–Crippen LogP) is 1.77. The number of nitrogens with zero attached hydrogens (tertiary/aromatic N) is 3. The van der Waals surface area contributed by atoms with Crippen molar-refractivity contribution in [3.63, 3.8) is 0 Å². The lowest BCUT2D eigenvalue weighted by molar-refractivity contribution is -0.118. The minimum absolute atomic E-state index is 0.0670. The van der Waals surface area contributed by atoms with Crippen LogP contribution in [0.5, 0.6) is 0 Å². The Balaban J connectivity index is 1.52. The maximum Gasteiger partial charge on any atom is 0.240 e. The van der Waals surface area contributed by atoms with Crippen LogP contribution in [-0.2, 0) is 10.4 Å². The molecule has 122 valence electrons. The molecular formula is C16H20N4O2S. The van der Waals surface area contributed by atoms with Gasteiger partial charge in [-0.25, -0.2) is 4.98 Å². The molecule has 0 unspecified atom stereocenters. The summed E-state index contributed by atoms with van der Waals surface area (Å²) in [5, 5.41) is 14.2. The zero-order valence-corrected chi connectivity index (χ0v) is 13.8. The normalized spacial score (nSPS) is 17.8. The molecule has 0 spiro atoms. The SMILES string of the molecule is Cc1cnc(NC(=O)CN2CCC(O)(c3ccccn3)CC2)s1. The average Bonchev–Trinajstić information content (AvgIpc) is 2.95. The molecule has 0 radical (unpaired) electrons. The molecule has 2 N–H and O–H groups in total. The molecule has 0 atom stereocenters. The van der Waals surface area contributed by atoms with Crippen molar-refractivity contribution in [2.75, 3.05) is 25.0 Å². The van der Waals surface area contributed by atoms with E-state index in [4.69, 9.17) is 0 Å². The van der Waals surface area contributed by atoms with E-state index in [0.29, 0.717) is 43.3 Å². The largest absolute Gasteiger partial charge is 0.383 e. The number of rotatable bonds is 4. The van der Waals surface area contributed by atoms with Crippen LogP contribution >= 0.6 is 11.3 Å². The summed E-state index contributed by atoms with van der Waals surface area (Å²) in [6.45, 7) is 3.60. The van der Waals surface area contributed by atoms with Crippen LogP contribution in [0.2, 0.25) is 0 Å². The van der Waals surface area contributed by atoms with E-state index >= 15 is 0 Å². The Morgan fingerprint density at radius 2 is 2.17 bits per heavy atom. The molecule has 2 aromatic rings. The van der Waals surface area contributed by atoms with E-state index in [0.717, 1.165) is 4.88 Å². The maximum absolute atomic E-state index is 12.1.